The van der Waals surface area contributed by atoms with Crippen LogP contribution in [0.25, 0.3) is 0 Å². The van der Waals surface area contributed by atoms with Gasteiger partial charge in [-0.25, -0.2) is 0 Å². The van der Waals surface area contributed by atoms with Gasteiger partial charge in [0.1, 0.15) is 11.5 Å². The molecule has 0 aliphatic carbocycles. The van der Waals surface area contributed by atoms with Gasteiger partial charge < -0.3 is 9.47 Å². The van der Waals surface area contributed by atoms with Crippen molar-refractivity contribution in [2.24, 2.45) is 5.92 Å². The summed E-state index contributed by atoms with van der Waals surface area (Å²) in [6, 6.07) is 27.4. The lowest BCUT2D eigenvalue weighted by molar-refractivity contribution is 0.256. The summed E-state index contributed by atoms with van der Waals surface area (Å²) >= 11 is 0. The number of benzene rings is 3. The maximum Gasteiger partial charge on any atom is 0.119 e. The number of hydrogen-bond acceptors (Lipinski definition) is 2. The molecule has 2 nitrogen and oxygen atoms in total. The van der Waals surface area contributed by atoms with Gasteiger partial charge in [0, 0.05) is 5.92 Å². The van der Waals surface area contributed by atoms with Crippen molar-refractivity contribution in [2.75, 3.05) is 13.7 Å². The van der Waals surface area contributed by atoms with E-state index in [1.54, 1.807) is 7.11 Å². The Bertz CT molecular complexity index is 807. The summed E-state index contributed by atoms with van der Waals surface area (Å²) in [6.07, 6.45) is 1.13. The summed E-state index contributed by atoms with van der Waals surface area (Å²) in [6.45, 7) is 5.16. The first-order valence-corrected chi connectivity index (χ1v) is 9.63. The topological polar surface area (TPSA) is 18.5 Å². The molecule has 0 saturated heterocycles. The molecule has 0 N–H and O–H groups in total. The van der Waals surface area contributed by atoms with Gasteiger partial charge >= 0.3 is 0 Å². The van der Waals surface area contributed by atoms with Crippen molar-refractivity contribution >= 4 is 0 Å². The summed E-state index contributed by atoms with van der Waals surface area (Å²) in [5.41, 5.74) is 3.77. The van der Waals surface area contributed by atoms with Crippen LogP contribution in [-0.2, 0) is 0 Å². The average molecular weight is 360 g/mol. The quantitative estimate of drug-likeness (QED) is 0.439. The van der Waals surface area contributed by atoms with E-state index in [9.17, 15) is 0 Å². The Morgan fingerprint density at radius 3 is 1.74 bits per heavy atom. The number of ether oxygens (including phenoxy) is 2. The van der Waals surface area contributed by atoms with Crippen LogP contribution in [0.3, 0.4) is 0 Å². The van der Waals surface area contributed by atoms with Crippen molar-refractivity contribution in [3.8, 4) is 11.5 Å². The van der Waals surface area contributed by atoms with Gasteiger partial charge in [0.25, 0.3) is 0 Å². The Morgan fingerprint density at radius 1 is 0.704 bits per heavy atom. The van der Waals surface area contributed by atoms with Gasteiger partial charge in [0.2, 0.25) is 0 Å². The van der Waals surface area contributed by atoms with E-state index in [-0.39, 0.29) is 5.92 Å². The Morgan fingerprint density at radius 2 is 1.22 bits per heavy atom. The van der Waals surface area contributed by atoms with Gasteiger partial charge in [-0.2, -0.15) is 0 Å². The van der Waals surface area contributed by atoms with Crippen LogP contribution in [0.15, 0.2) is 78.9 Å². The van der Waals surface area contributed by atoms with E-state index >= 15 is 0 Å². The van der Waals surface area contributed by atoms with Crippen LogP contribution in [-0.4, -0.2) is 13.7 Å². The molecule has 2 heteroatoms. The Balaban J connectivity index is 1.88. The minimum absolute atomic E-state index is 0.181. The molecule has 0 amide bonds. The zero-order chi connectivity index (χ0) is 19.1. The number of methoxy groups -OCH3 is 1. The zero-order valence-electron chi connectivity index (χ0n) is 16.4. The van der Waals surface area contributed by atoms with Crippen LogP contribution in [0.5, 0.6) is 11.5 Å². The van der Waals surface area contributed by atoms with Crippen LogP contribution >= 0.6 is 0 Å². The molecule has 0 spiro atoms. The first-order valence-electron chi connectivity index (χ1n) is 9.63. The van der Waals surface area contributed by atoms with Crippen LogP contribution < -0.4 is 9.47 Å². The second-order valence-electron chi connectivity index (χ2n) is 7.01. The van der Waals surface area contributed by atoms with Crippen LogP contribution in [0.4, 0.5) is 0 Å². The second-order valence-corrected chi connectivity index (χ2v) is 7.01. The minimum atomic E-state index is 0.181. The molecule has 2 atom stereocenters. The molecular formula is C25H28O2. The van der Waals surface area contributed by atoms with Crippen molar-refractivity contribution in [1.29, 1.82) is 0 Å². The fraction of sp³-hybridized carbons (Fsp3) is 0.280. The normalized spacial score (nSPS) is 13.0. The van der Waals surface area contributed by atoms with Gasteiger partial charge in [-0.05, 0) is 46.9 Å². The van der Waals surface area contributed by atoms with Gasteiger partial charge in [-0.15, -0.1) is 0 Å². The number of rotatable bonds is 8. The van der Waals surface area contributed by atoms with Gasteiger partial charge in [0.15, 0.2) is 0 Å². The average Bonchev–Trinajstić information content (AvgIpc) is 2.74. The summed E-state index contributed by atoms with van der Waals surface area (Å²) < 4.78 is 11.2. The summed E-state index contributed by atoms with van der Waals surface area (Å²) in [5.74, 6) is 2.56. The van der Waals surface area contributed by atoms with Gasteiger partial charge in [0.05, 0.1) is 13.7 Å². The van der Waals surface area contributed by atoms with Crippen LogP contribution in [0.1, 0.15) is 42.9 Å². The molecule has 0 radical (unpaired) electrons. The highest BCUT2D eigenvalue weighted by atomic mass is 16.5. The first kappa shape index (κ1) is 19.0. The highest BCUT2D eigenvalue weighted by Crippen LogP contribution is 2.33. The summed E-state index contributed by atoms with van der Waals surface area (Å²) in [7, 11) is 1.70. The standard InChI is InChI=1S/C25H28O2/c1-4-19(2)18-27-24-16-12-22(13-17-24)25(20-8-6-5-7-9-20)21-10-14-23(26-3)15-11-21/h5-17,19,25H,4,18H2,1-3H3. The van der Waals surface area contributed by atoms with Gasteiger partial charge in [-0.3, -0.25) is 0 Å². The van der Waals surface area contributed by atoms with E-state index in [4.69, 9.17) is 9.47 Å². The third kappa shape index (κ3) is 4.91. The minimum Gasteiger partial charge on any atom is -0.497 e. The molecule has 0 fully saturated rings. The molecule has 0 aromatic heterocycles. The molecule has 0 bridgehead atoms. The lowest BCUT2D eigenvalue weighted by Crippen LogP contribution is -2.07. The van der Waals surface area contributed by atoms with Crippen molar-refractivity contribution in [1.82, 2.24) is 0 Å². The predicted octanol–water partition coefficient (Wildman–Crippen LogP) is 6.30. The molecule has 0 aliphatic rings. The summed E-state index contributed by atoms with van der Waals surface area (Å²) in [5, 5.41) is 0. The molecule has 0 aliphatic heterocycles. The largest absolute Gasteiger partial charge is 0.497 e. The first-order chi connectivity index (χ1) is 13.2. The van der Waals surface area contributed by atoms with Crippen LogP contribution in [0.2, 0.25) is 0 Å². The van der Waals surface area contributed by atoms with E-state index in [0.29, 0.717) is 5.92 Å². The zero-order valence-corrected chi connectivity index (χ0v) is 16.4. The van der Waals surface area contributed by atoms with Gasteiger partial charge in [-0.1, -0.05) is 74.9 Å². The monoisotopic (exact) mass is 360 g/mol. The van der Waals surface area contributed by atoms with E-state index < -0.39 is 0 Å². The SMILES string of the molecule is CCC(C)COc1ccc(C(c2ccccc2)c2ccc(OC)cc2)cc1. The van der Waals surface area contributed by atoms with Crippen molar-refractivity contribution in [3.63, 3.8) is 0 Å². The Labute approximate surface area is 162 Å². The molecule has 0 saturated carbocycles. The fourth-order valence-corrected chi connectivity index (χ4v) is 3.13. The molecule has 2 unspecified atom stereocenters. The molecular weight excluding hydrogens is 332 g/mol. The van der Waals surface area contributed by atoms with E-state index in [1.807, 2.05) is 12.1 Å². The number of hydrogen-bond donors (Lipinski definition) is 0. The molecule has 27 heavy (non-hydrogen) atoms. The van der Waals surface area contributed by atoms with Crippen molar-refractivity contribution < 1.29 is 9.47 Å². The van der Waals surface area contributed by atoms with E-state index in [0.717, 1.165) is 24.5 Å². The van der Waals surface area contributed by atoms with Crippen LogP contribution in [0, 0.1) is 5.92 Å². The van der Waals surface area contributed by atoms with Crippen molar-refractivity contribution in [2.45, 2.75) is 26.2 Å². The Kier molecular flexibility index (Phi) is 6.54. The van der Waals surface area contributed by atoms with Crippen molar-refractivity contribution in [3.05, 3.63) is 95.6 Å². The van der Waals surface area contributed by atoms with E-state index in [2.05, 4.69) is 80.6 Å². The molecule has 3 rings (SSSR count). The molecule has 3 aromatic carbocycles. The third-order valence-corrected chi connectivity index (χ3v) is 5.03. The fourth-order valence-electron chi connectivity index (χ4n) is 3.13. The maximum atomic E-state index is 5.92. The second kappa shape index (κ2) is 9.27. The highest BCUT2D eigenvalue weighted by molar-refractivity contribution is 5.45. The summed E-state index contributed by atoms with van der Waals surface area (Å²) in [4.78, 5) is 0. The predicted molar refractivity (Wildman–Crippen MR) is 112 cm³/mol. The molecule has 0 heterocycles. The highest BCUT2D eigenvalue weighted by Gasteiger charge is 2.17. The Hall–Kier alpha value is -2.74. The lowest BCUT2D eigenvalue weighted by Gasteiger charge is -2.20. The lowest BCUT2D eigenvalue weighted by atomic mass is 9.85. The third-order valence-electron chi connectivity index (χ3n) is 5.03. The van der Waals surface area contributed by atoms with E-state index in [1.165, 1.54) is 16.7 Å². The maximum absolute atomic E-state index is 5.92. The molecule has 3 aromatic rings. The smallest absolute Gasteiger partial charge is 0.119 e. The molecule has 140 valence electrons.